The molecular weight excluding hydrogens is 609 g/mol. The molecule has 1 heterocycles. The van der Waals surface area contributed by atoms with Crippen LogP contribution in [-0.2, 0) is 43.7 Å². The predicted octanol–water partition coefficient (Wildman–Crippen LogP) is 5.00. The van der Waals surface area contributed by atoms with E-state index in [1.807, 2.05) is 79.3 Å². The first kappa shape index (κ1) is 30.5. The molecule has 0 amide bonds. The minimum absolute atomic E-state index is 0.0337. The lowest BCUT2D eigenvalue weighted by Crippen LogP contribution is -2.48. The van der Waals surface area contributed by atoms with Crippen LogP contribution in [0.25, 0.3) is 22.4 Å². The van der Waals surface area contributed by atoms with Gasteiger partial charge in [0.1, 0.15) is 6.07 Å². The molecule has 0 bridgehead atoms. The highest BCUT2D eigenvalue weighted by Gasteiger charge is 2.54. The average Bonchev–Trinajstić information content (AvgIpc) is 3.34. The molecule has 4 aromatic rings. The summed E-state index contributed by atoms with van der Waals surface area (Å²) in [5.74, 6) is -0.511. The summed E-state index contributed by atoms with van der Waals surface area (Å²) in [7, 11) is -6.20. The van der Waals surface area contributed by atoms with Gasteiger partial charge >= 0.3 is 0 Å². The van der Waals surface area contributed by atoms with Crippen molar-refractivity contribution in [2.45, 2.75) is 25.2 Å². The summed E-state index contributed by atoms with van der Waals surface area (Å²) in [6, 6.07) is 26.4. The second-order valence-electron chi connectivity index (χ2n) is 11.9. The SMILES string of the molecule is C[C@@H]1C(=O)C(C#N)=C[C@]2(c3ccccc3)c3nn(C)c(-c4cccc(-c5ccc(N(S(C)(=O)=O)S(C)(=O)=O)cc5)c4)c3CC[C@@H]12. The molecule has 0 saturated heterocycles. The standard InChI is InChI=1S/C34H32N4O5S2/c1-22-30-18-17-29-31(37(2)36-33(29)34(30,20-26(21-35)32(22)39)27-11-6-5-7-12-27)25-10-8-9-24(19-25)23-13-15-28(16-14-23)38(44(3,40)41)45(4,42)43/h5-16,19-20,22,30H,17-18H2,1-4H3/t22-,30-,34+/m0/s1. The third-order valence-corrected chi connectivity index (χ3v) is 12.3. The Hall–Kier alpha value is -4.53. The van der Waals surface area contributed by atoms with Crippen molar-refractivity contribution in [2.24, 2.45) is 18.9 Å². The van der Waals surface area contributed by atoms with Crippen LogP contribution in [0, 0.1) is 23.2 Å². The first-order chi connectivity index (χ1) is 21.3. The van der Waals surface area contributed by atoms with Crippen molar-refractivity contribution in [3.8, 4) is 28.5 Å². The van der Waals surface area contributed by atoms with Crippen LogP contribution in [0.1, 0.15) is 30.2 Å². The molecule has 0 saturated carbocycles. The van der Waals surface area contributed by atoms with Crippen molar-refractivity contribution < 1.29 is 21.6 Å². The summed E-state index contributed by atoms with van der Waals surface area (Å²) in [4.78, 5) is 13.1. The molecule has 1 aromatic heterocycles. The monoisotopic (exact) mass is 640 g/mol. The average molecular weight is 641 g/mol. The number of hydrogen-bond acceptors (Lipinski definition) is 7. The number of benzene rings is 3. The van der Waals surface area contributed by atoms with Crippen LogP contribution in [0.5, 0.6) is 0 Å². The van der Waals surface area contributed by atoms with Crippen LogP contribution in [0.15, 0.2) is 90.5 Å². The fourth-order valence-corrected chi connectivity index (χ4v) is 10.2. The number of nitriles is 1. The maximum atomic E-state index is 13.1. The first-order valence-electron chi connectivity index (χ1n) is 14.5. The van der Waals surface area contributed by atoms with Crippen LogP contribution < -0.4 is 3.71 Å². The summed E-state index contributed by atoms with van der Waals surface area (Å²) in [6.07, 6.45) is 5.02. The number of Topliss-reactive ketones (excluding diaryl/α,β-unsaturated/α-hetero) is 1. The lowest BCUT2D eigenvalue weighted by Gasteiger charge is -2.47. The van der Waals surface area contributed by atoms with Gasteiger partial charge in [-0.1, -0.05) is 67.6 Å². The van der Waals surface area contributed by atoms with Crippen LogP contribution in [0.4, 0.5) is 5.69 Å². The Morgan fingerprint density at radius 2 is 1.56 bits per heavy atom. The van der Waals surface area contributed by atoms with E-state index in [-0.39, 0.29) is 28.9 Å². The number of hydrogen-bond donors (Lipinski definition) is 0. The zero-order valence-corrected chi connectivity index (χ0v) is 26.9. The van der Waals surface area contributed by atoms with E-state index >= 15 is 0 Å². The molecule has 45 heavy (non-hydrogen) atoms. The van der Waals surface area contributed by atoms with Crippen LogP contribution in [-0.4, -0.2) is 44.9 Å². The number of sulfonamides is 2. The molecule has 0 fully saturated rings. The molecule has 3 aromatic carbocycles. The molecule has 6 rings (SSSR count). The zero-order valence-electron chi connectivity index (χ0n) is 25.3. The molecule has 2 aliphatic rings. The van der Waals surface area contributed by atoms with Gasteiger partial charge in [-0.25, -0.2) is 16.8 Å². The van der Waals surface area contributed by atoms with Gasteiger partial charge in [-0.05, 0) is 59.7 Å². The lowest BCUT2D eigenvalue weighted by atomic mass is 9.54. The third kappa shape index (κ3) is 4.98. The van der Waals surface area contributed by atoms with Gasteiger partial charge in [0.25, 0.3) is 0 Å². The van der Waals surface area contributed by atoms with Gasteiger partial charge in [0.2, 0.25) is 20.0 Å². The third-order valence-electron chi connectivity index (χ3n) is 9.00. The topological polar surface area (TPSA) is 130 Å². The quantitative estimate of drug-likeness (QED) is 0.290. The van der Waals surface area contributed by atoms with Gasteiger partial charge in [0, 0.05) is 24.1 Å². The minimum atomic E-state index is -4.05. The predicted molar refractivity (Wildman–Crippen MR) is 173 cm³/mol. The van der Waals surface area contributed by atoms with Crippen molar-refractivity contribution in [1.29, 1.82) is 5.26 Å². The number of aromatic nitrogens is 2. The highest BCUT2D eigenvalue weighted by molar-refractivity contribution is 8.09. The number of ketones is 1. The fraction of sp³-hybridized carbons (Fsp3) is 0.265. The van der Waals surface area contributed by atoms with Crippen molar-refractivity contribution in [2.75, 3.05) is 16.2 Å². The van der Waals surface area contributed by atoms with Gasteiger partial charge in [-0.15, -0.1) is 0 Å². The number of aryl methyl sites for hydroxylation is 1. The molecule has 0 radical (unpaired) electrons. The van der Waals surface area contributed by atoms with Crippen LogP contribution >= 0.6 is 0 Å². The maximum absolute atomic E-state index is 13.1. The second-order valence-corrected chi connectivity index (χ2v) is 15.7. The van der Waals surface area contributed by atoms with Crippen molar-refractivity contribution in [1.82, 2.24) is 9.78 Å². The molecule has 230 valence electrons. The molecule has 11 heteroatoms. The number of rotatable bonds is 6. The van der Waals surface area contributed by atoms with Gasteiger partial charge < -0.3 is 0 Å². The number of carbonyl (C=O) groups excluding carboxylic acids is 1. The normalized spacial score (nSPS) is 21.3. The van der Waals surface area contributed by atoms with Gasteiger partial charge in [0.15, 0.2) is 5.78 Å². The molecule has 0 N–H and O–H groups in total. The largest absolute Gasteiger partial charge is 0.293 e. The first-order valence-corrected chi connectivity index (χ1v) is 18.2. The molecular formula is C34H32N4O5S2. The molecule has 0 spiro atoms. The molecule has 0 unspecified atom stereocenters. The number of carbonyl (C=O) groups is 1. The number of fused-ring (bicyclic) bond motifs is 3. The van der Waals surface area contributed by atoms with Crippen molar-refractivity contribution in [3.05, 3.63) is 107 Å². The second kappa shape index (κ2) is 10.8. The van der Waals surface area contributed by atoms with E-state index in [4.69, 9.17) is 5.10 Å². The van der Waals surface area contributed by atoms with E-state index in [1.54, 1.807) is 12.1 Å². The number of allylic oxidation sites excluding steroid dienone is 2. The van der Waals surface area contributed by atoms with Gasteiger partial charge in [-0.2, -0.15) is 14.1 Å². The Morgan fingerprint density at radius 1 is 0.911 bits per heavy atom. The smallest absolute Gasteiger partial charge is 0.245 e. The summed E-state index contributed by atoms with van der Waals surface area (Å²) >= 11 is 0. The Balaban J connectivity index is 1.47. The fourth-order valence-electron chi connectivity index (χ4n) is 7.23. The number of nitrogens with zero attached hydrogens (tertiary/aromatic N) is 4. The van der Waals surface area contributed by atoms with Crippen LogP contribution in [0.2, 0.25) is 0 Å². The van der Waals surface area contributed by atoms with E-state index in [9.17, 15) is 26.9 Å². The van der Waals surface area contributed by atoms with Gasteiger partial charge in [-0.3, -0.25) is 9.48 Å². The van der Waals surface area contributed by atoms with Crippen LogP contribution in [0.3, 0.4) is 0 Å². The molecule has 3 atom stereocenters. The van der Waals surface area contributed by atoms with E-state index < -0.39 is 25.5 Å². The van der Waals surface area contributed by atoms with E-state index in [0.717, 1.165) is 64.6 Å². The maximum Gasteiger partial charge on any atom is 0.245 e. The Bertz CT molecular complexity index is 2100. The Morgan fingerprint density at radius 3 is 2.18 bits per heavy atom. The summed E-state index contributed by atoms with van der Waals surface area (Å²) in [6.45, 7) is 1.92. The Labute approximate surface area is 263 Å². The van der Waals surface area contributed by atoms with Crippen molar-refractivity contribution >= 4 is 31.5 Å². The highest BCUT2D eigenvalue weighted by Crippen LogP contribution is 2.54. The number of anilines is 1. The lowest BCUT2D eigenvalue weighted by molar-refractivity contribution is -0.121. The Kier molecular flexibility index (Phi) is 7.33. The highest BCUT2D eigenvalue weighted by atomic mass is 32.3. The minimum Gasteiger partial charge on any atom is -0.293 e. The molecule has 2 aliphatic carbocycles. The van der Waals surface area contributed by atoms with Crippen molar-refractivity contribution in [3.63, 3.8) is 0 Å². The summed E-state index contributed by atoms with van der Waals surface area (Å²) < 4.78 is 51.2. The summed E-state index contributed by atoms with van der Waals surface area (Å²) in [5, 5.41) is 15.1. The van der Waals surface area contributed by atoms with E-state index in [1.165, 1.54) is 12.1 Å². The summed E-state index contributed by atoms with van der Waals surface area (Å²) in [5.41, 5.74) is 5.88. The molecule has 9 nitrogen and oxygen atoms in total. The molecule has 0 aliphatic heterocycles. The van der Waals surface area contributed by atoms with E-state index in [0.29, 0.717) is 3.71 Å². The van der Waals surface area contributed by atoms with E-state index in [2.05, 4.69) is 6.07 Å². The zero-order chi connectivity index (χ0) is 32.3. The van der Waals surface area contributed by atoms with Gasteiger partial charge in [0.05, 0.1) is 40.6 Å².